The normalized spacial score (nSPS) is 17.9. The van der Waals surface area contributed by atoms with Crippen LogP contribution >= 0.6 is 23.1 Å². The molecule has 13 heteroatoms. The number of hydrogen-bond donors (Lipinski definition) is 2. The van der Waals surface area contributed by atoms with Gasteiger partial charge in [-0.05, 0) is 74.9 Å². The number of hydrogen-bond acceptors (Lipinski definition) is 10. The molecule has 0 unspecified atom stereocenters. The summed E-state index contributed by atoms with van der Waals surface area (Å²) in [7, 11) is 1.36. The Morgan fingerprint density at radius 1 is 0.918 bits per heavy atom. The number of benzene rings is 3. The van der Waals surface area contributed by atoms with E-state index in [1.165, 1.54) is 59.2 Å². The highest BCUT2D eigenvalue weighted by atomic mass is 32.2. The summed E-state index contributed by atoms with van der Waals surface area (Å²) in [5, 5.41) is 13.0. The van der Waals surface area contributed by atoms with Crippen LogP contribution in [-0.2, 0) is 48.9 Å². The summed E-state index contributed by atoms with van der Waals surface area (Å²) in [6.07, 6.45) is 10.5. The molecule has 0 saturated carbocycles. The number of β-lactam (4-membered cyclic amide) rings is 1. The molecule has 3 aliphatic rings. The maximum Gasteiger partial charge on any atom is 0.356 e. The van der Waals surface area contributed by atoms with Crippen LogP contribution in [-0.4, -0.2) is 63.9 Å². The SMILES string of the molecule is CON=C(C(=O)N[C@@H]1C(=O)N2C(C(=O)OC(C)(C)C)=C(C=CC[n+]3cccc4c3CCCC4)SC[C@H]12)c1csc(NC(c2ccccc2)(c2ccccc2)c2ccccc2)n1. The average molecular weight is 854 g/mol. The van der Waals surface area contributed by atoms with Crippen molar-refractivity contribution in [3.05, 3.63) is 171 Å². The van der Waals surface area contributed by atoms with Crippen molar-refractivity contribution in [2.24, 2.45) is 5.16 Å². The number of nitrogens with zero attached hydrogens (tertiary/aromatic N) is 4. The number of anilines is 1. The van der Waals surface area contributed by atoms with E-state index in [0.29, 0.717) is 22.3 Å². The highest BCUT2D eigenvalue weighted by molar-refractivity contribution is 8.03. The molecule has 61 heavy (non-hydrogen) atoms. The number of oxime groups is 1. The van der Waals surface area contributed by atoms with Gasteiger partial charge in [0, 0.05) is 34.1 Å². The van der Waals surface area contributed by atoms with Crippen LogP contribution in [0.3, 0.4) is 0 Å². The van der Waals surface area contributed by atoms with Crippen LogP contribution in [0.15, 0.2) is 143 Å². The number of thiazole rings is 1. The Morgan fingerprint density at radius 2 is 1.56 bits per heavy atom. The van der Waals surface area contributed by atoms with Crippen molar-refractivity contribution in [3.8, 4) is 0 Å². The monoisotopic (exact) mass is 853 g/mol. The molecule has 0 spiro atoms. The fourth-order valence-electron chi connectivity index (χ4n) is 8.27. The summed E-state index contributed by atoms with van der Waals surface area (Å²) in [6.45, 7) is 6.02. The van der Waals surface area contributed by atoms with Crippen molar-refractivity contribution < 1.29 is 28.5 Å². The molecule has 3 aromatic carbocycles. The lowest BCUT2D eigenvalue weighted by Gasteiger charge is -2.50. The third-order valence-electron chi connectivity index (χ3n) is 11.0. The van der Waals surface area contributed by atoms with Crippen LogP contribution in [0.1, 0.15) is 67.3 Å². The van der Waals surface area contributed by atoms with Gasteiger partial charge in [-0.25, -0.2) is 9.78 Å². The number of allylic oxidation sites excluding steroid dienone is 2. The van der Waals surface area contributed by atoms with Gasteiger partial charge in [-0.2, -0.15) is 4.57 Å². The van der Waals surface area contributed by atoms with Gasteiger partial charge in [0.1, 0.15) is 35.7 Å². The van der Waals surface area contributed by atoms with Crippen molar-refractivity contribution in [3.63, 3.8) is 0 Å². The molecule has 0 bridgehead atoms. The van der Waals surface area contributed by atoms with Gasteiger partial charge in [-0.1, -0.05) is 96.2 Å². The van der Waals surface area contributed by atoms with Gasteiger partial charge in [0.05, 0.1) is 6.04 Å². The zero-order valence-corrected chi connectivity index (χ0v) is 36.3. The van der Waals surface area contributed by atoms with Crippen LogP contribution in [0.25, 0.3) is 0 Å². The number of thioether (sulfide) groups is 1. The van der Waals surface area contributed by atoms with E-state index in [0.717, 1.165) is 29.5 Å². The Balaban J connectivity index is 1.04. The molecule has 2 atom stereocenters. The van der Waals surface area contributed by atoms with Crippen molar-refractivity contribution in [2.45, 2.75) is 76.2 Å². The zero-order chi connectivity index (χ0) is 42.6. The lowest BCUT2D eigenvalue weighted by atomic mass is 9.77. The summed E-state index contributed by atoms with van der Waals surface area (Å²) in [5.41, 5.74) is 4.46. The van der Waals surface area contributed by atoms with Crippen molar-refractivity contribution in [1.82, 2.24) is 15.2 Å². The predicted octanol–water partition coefficient (Wildman–Crippen LogP) is 7.32. The topological polar surface area (TPSA) is 126 Å². The van der Waals surface area contributed by atoms with Gasteiger partial charge in [-0.3, -0.25) is 14.5 Å². The van der Waals surface area contributed by atoms with E-state index in [4.69, 9.17) is 14.6 Å². The first kappa shape index (κ1) is 41.7. The van der Waals surface area contributed by atoms with Crippen molar-refractivity contribution in [2.75, 3.05) is 18.2 Å². The molecule has 5 aromatic rings. The number of nitrogens with one attached hydrogen (secondary N) is 2. The van der Waals surface area contributed by atoms with E-state index in [1.54, 1.807) is 26.2 Å². The minimum atomic E-state index is -0.908. The molecular weight excluding hydrogens is 805 g/mol. The first-order valence-electron chi connectivity index (χ1n) is 20.5. The summed E-state index contributed by atoms with van der Waals surface area (Å²) >= 11 is 2.79. The van der Waals surface area contributed by atoms with Crippen LogP contribution < -0.4 is 15.2 Å². The average Bonchev–Trinajstić information content (AvgIpc) is 3.74. The number of amides is 2. The van der Waals surface area contributed by atoms with Crippen LogP contribution in [0, 0.1) is 0 Å². The molecule has 1 fully saturated rings. The maximum absolute atomic E-state index is 14.1. The predicted molar refractivity (Wildman–Crippen MR) is 239 cm³/mol. The molecule has 2 N–H and O–H groups in total. The second kappa shape index (κ2) is 17.9. The Hall–Kier alpha value is -6.05. The van der Waals surface area contributed by atoms with Gasteiger partial charge in [0.15, 0.2) is 29.3 Å². The Bertz CT molecular complexity index is 2400. The number of pyridine rings is 1. The fourth-order valence-corrected chi connectivity index (χ4v) is 10.2. The van der Waals surface area contributed by atoms with Crippen LogP contribution in [0.5, 0.6) is 0 Å². The minimum Gasteiger partial charge on any atom is -0.455 e. The fraction of sp³-hybridized carbons (Fsp3) is 0.292. The summed E-state index contributed by atoms with van der Waals surface area (Å²) < 4.78 is 8.09. The smallest absolute Gasteiger partial charge is 0.356 e. The number of fused-ring (bicyclic) bond motifs is 2. The molecule has 2 aromatic heterocycles. The maximum atomic E-state index is 14.1. The summed E-state index contributed by atoms with van der Waals surface area (Å²) in [6, 6.07) is 33.3. The lowest BCUT2D eigenvalue weighted by Crippen LogP contribution is -2.73. The van der Waals surface area contributed by atoms with Gasteiger partial charge in [0.2, 0.25) is 0 Å². The molecular formula is C48H49N6O5S2+. The quantitative estimate of drug-likeness (QED) is 0.0316. The number of esters is 1. The molecule has 0 radical (unpaired) electrons. The molecule has 2 amide bonds. The second-order valence-electron chi connectivity index (χ2n) is 16.1. The van der Waals surface area contributed by atoms with E-state index in [2.05, 4.69) is 75.1 Å². The molecule has 4 heterocycles. The third kappa shape index (κ3) is 8.62. The second-order valence-corrected chi connectivity index (χ2v) is 18.0. The standard InChI is InChI=1S/C48H48N6O5S2/c1-47(2,3)59-45(57)42-39(27-17-29-53-28-16-19-32-18-14-15-26-37(32)53)60-31-38-41(44(56)54(38)42)50-43(55)40(52-58-4)36-30-61-46(49-36)51-48(33-20-8-5-9-21-33,34-22-10-6-11-23-34)35-24-12-7-13-25-35/h5-13,16-17,19-25,27-28,30,38,41H,14-15,18,26,29,31H2,1-4H3,(H-,49,50,51,55)/p+1/t38-,41+/m1/s1. The summed E-state index contributed by atoms with van der Waals surface area (Å²) in [4.78, 5) is 54.1. The lowest BCUT2D eigenvalue weighted by molar-refractivity contribution is -0.695. The number of aryl methyl sites for hydroxylation is 1. The van der Waals surface area contributed by atoms with E-state index in [-0.39, 0.29) is 17.1 Å². The Morgan fingerprint density at radius 3 is 2.18 bits per heavy atom. The number of rotatable bonds is 13. The first-order chi connectivity index (χ1) is 29.6. The number of ether oxygens (including phenoxy) is 1. The largest absolute Gasteiger partial charge is 0.455 e. The van der Waals surface area contributed by atoms with Gasteiger partial charge in [0.25, 0.3) is 11.8 Å². The van der Waals surface area contributed by atoms with E-state index < -0.39 is 41.0 Å². The number of carbonyl (C=O) groups is 3. The van der Waals surface area contributed by atoms with Crippen LogP contribution in [0.4, 0.5) is 5.13 Å². The molecule has 11 nitrogen and oxygen atoms in total. The molecule has 1 saturated heterocycles. The van der Waals surface area contributed by atoms with Crippen molar-refractivity contribution >= 4 is 51.7 Å². The molecule has 2 aliphatic heterocycles. The minimum absolute atomic E-state index is 0.0848. The van der Waals surface area contributed by atoms with Gasteiger partial charge in [-0.15, -0.1) is 23.1 Å². The number of carbonyl (C=O) groups excluding carboxylic acids is 3. The summed E-state index contributed by atoms with van der Waals surface area (Å²) in [5.74, 6) is -1.17. The molecule has 1 aliphatic carbocycles. The first-order valence-corrected chi connectivity index (χ1v) is 22.4. The molecule has 8 rings (SSSR count). The zero-order valence-electron chi connectivity index (χ0n) is 34.7. The highest BCUT2D eigenvalue weighted by Gasteiger charge is 2.54. The van der Waals surface area contributed by atoms with E-state index >= 15 is 0 Å². The Kier molecular flexibility index (Phi) is 12.2. The van der Waals surface area contributed by atoms with Crippen LogP contribution in [0.2, 0.25) is 0 Å². The van der Waals surface area contributed by atoms with Gasteiger partial charge < -0.3 is 20.2 Å². The van der Waals surface area contributed by atoms with E-state index in [1.807, 2.05) is 66.7 Å². The third-order valence-corrected chi connectivity index (χ3v) is 12.9. The van der Waals surface area contributed by atoms with E-state index in [9.17, 15) is 14.4 Å². The Labute approximate surface area is 364 Å². The van der Waals surface area contributed by atoms with Gasteiger partial charge >= 0.3 is 5.97 Å². The molecule has 312 valence electrons. The highest BCUT2D eigenvalue weighted by Crippen LogP contribution is 2.42. The number of aromatic nitrogens is 2. The van der Waals surface area contributed by atoms with Crippen molar-refractivity contribution in [1.29, 1.82) is 0 Å².